The van der Waals surface area contributed by atoms with Gasteiger partial charge in [0.25, 0.3) is 0 Å². The second kappa shape index (κ2) is 4.73. The average Bonchev–Trinajstić information content (AvgIpc) is 3.02. The summed E-state index contributed by atoms with van der Waals surface area (Å²) in [5.41, 5.74) is 6.89. The number of carbonyl (C=O) groups excluding carboxylic acids is 1. The molecule has 3 N–H and O–H groups in total. The highest BCUT2D eigenvalue weighted by molar-refractivity contribution is 7.98. The van der Waals surface area contributed by atoms with Crippen molar-refractivity contribution in [1.29, 1.82) is 0 Å². The first-order valence-electron chi connectivity index (χ1n) is 5.42. The number of fused-ring (bicyclic) bond motifs is 1. The number of thioether (sulfide) groups is 1. The summed E-state index contributed by atoms with van der Waals surface area (Å²) in [4.78, 5) is 18.4. The fourth-order valence-corrected chi connectivity index (χ4v) is 2.26. The Hall–Kier alpha value is -2.35. The van der Waals surface area contributed by atoms with Crippen LogP contribution in [0.5, 0.6) is 0 Å². The van der Waals surface area contributed by atoms with Crippen molar-refractivity contribution >= 4 is 28.7 Å². The first kappa shape index (κ1) is 11.7. The third-order valence-electron chi connectivity index (χ3n) is 2.38. The number of nitrogens with two attached hydrogens (primary N) is 1. The van der Waals surface area contributed by atoms with Crippen LogP contribution in [0, 0.1) is 0 Å². The van der Waals surface area contributed by atoms with Gasteiger partial charge >= 0.3 is 11.8 Å². The van der Waals surface area contributed by atoms with Crippen LogP contribution in [0.2, 0.25) is 0 Å². The molecule has 0 aliphatic heterocycles. The molecule has 96 valence electrons. The van der Waals surface area contributed by atoms with Crippen LogP contribution in [0.1, 0.15) is 16.6 Å². The third kappa shape index (κ3) is 2.43. The second-order valence-electron chi connectivity index (χ2n) is 3.71. The summed E-state index contributed by atoms with van der Waals surface area (Å²) < 4.78 is 5.08. The smallest absolute Gasteiger partial charge is 0.306 e. The van der Waals surface area contributed by atoms with E-state index in [0.29, 0.717) is 11.6 Å². The summed E-state index contributed by atoms with van der Waals surface area (Å²) in [5.74, 6) is -0.160. The molecular weight excluding hydrogens is 266 g/mol. The Morgan fingerprint density at radius 2 is 2.21 bits per heavy atom. The molecule has 2 heterocycles. The van der Waals surface area contributed by atoms with Crippen LogP contribution in [-0.2, 0) is 5.75 Å². The van der Waals surface area contributed by atoms with Crippen molar-refractivity contribution in [2.75, 3.05) is 0 Å². The number of hydrogen-bond acceptors (Lipinski definition) is 6. The summed E-state index contributed by atoms with van der Waals surface area (Å²) in [6.45, 7) is 0. The van der Waals surface area contributed by atoms with Gasteiger partial charge in [-0.05, 0) is 12.1 Å². The van der Waals surface area contributed by atoms with Crippen LogP contribution in [-0.4, -0.2) is 26.1 Å². The molecule has 2 aromatic heterocycles. The number of nitrogens with one attached hydrogen (secondary N) is 1. The van der Waals surface area contributed by atoms with Gasteiger partial charge < -0.3 is 15.1 Å². The van der Waals surface area contributed by atoms with E-state index >= 15 is 0 Å². The summed E-state index contributed by atoms with van der Waals surface area (Å²) >= 11 is 1.41. The lowest BCUT2D eigenvalue weighted by Gasteiger charge is -1.91. The van der Waals surface area contributed by atoms with E-state index in [4.69, 9.17) is 10.2 Å². The second-order valence-corrected chi connectivity index (χ2v) is 4.68. The zero-order valence-electron chi connectivity index (χ0n) is 9.66. The molecule has 19 heavy (non-hydrogen) atoms. The highest BCUT2D eigenvalue weighted by Crippen LogP contribution is 2.22. The van der Waals surface area contributed by atoms with Gasteiger partial charge in [-0.15, -0.1) is 10.2 Å². The zero-order valence-corrected chi connectivity index (χ0v) is 10.5. The van der Waals surface area contributed by atoms with Crippen molar-refractivity contribution < 1.29 is 9.21 Å². The molecule has 0 atom stereocenters. The van der Waals surface area contributed by atoms with Crippen LogP contribution in [0.15, 0.2) is 33.8 Å². The number of primary amides is 1. The Labute approximate surface area is 111 Å². The van der Waals surface area contributed by atoms with Gasteiger partial charge in [0.15, 0.2) is 5.16 Å². The largest absolute Gasteiger partial charge is 0.416 e. The van der Waals surface area contributed by atoms with Crippen molar-refractivity contribution in [2.45, 2.75) is 10.9 Å². The number of aromatic nitrogens is 4. The minimum absolute atomic E-state index is 0.180. The predicted octanol–water partition coefficient (Wildman–Crippen LogP) is 1.34. The molecular formula is C11H9N5O2S. The van der Waals surface area contributed by atoms with E-state index in [9.17, 15) is 4.79 Å². The number of imidazole rings is 1. The summed E-state index contributed by atoms with van der Waals surface area (Å²) in [7, 11) is 0. The standard InChI is InChI=1S/C11H9N5O2S/c12-9(17)10-16-15-8(18-10)5-19-11-13-6-3-1-2-4-7(6)14-11/h1-4H,5H2,(H2,12,17)(H,13,14). The molecule has 0 spiro atoms. The average molecular weight is 275 g/mol. The van der Waals surface area contributed by atoms with Crippen LogP contribution in [0.25, 0.3) is 11.0 Å². The number of aromatic amines is 1. The third-order valence-corrected chi connectivity index (χ3v) is 3.24. The van der Waals surface area contributed by atoms with E-state index in [1.54, 1.807) is 0 Å². The van der Waals surface area contributed by atoms with E-state index < -0.39 is 5.91 Å². The lowest BCUT2D eigenvalue weighted by molar-refractivity contribution is 0.0966. The maximum Gasteiger partial charge on any atom is 0.306 e. The van der Waals surface area contributed by atoms with Crippen molar-refractivity contribution in [2.24, 2.45) is 5.73 Å². The quantitative estimate of drug-likeness (QED) is 0.695. The van der Waals surface area contributed by atoms with E-state index in [1.165, 1.54) is 11.8 Å². The summed E-state index contributed by atoms with van der Waals surface area (Å²) in [6.07, 6.45) is 0. The topological polar surface area (TPSA) is 111 Å². The first-order valence-corrected chi connectivity index (χ1v) is 6.40. The Balaban J connectivity index is 1.72. The van der Waals surface area contributed by atoms with Gasteiger partial charge in [0, 0.05) is 0 Å². The maximum absolute atomic E-state index is 10.8. The molecule has 0 unspecified atom stereocenters. The van der Waals surface area contributed by atoms with E-state index in [2.05, 4.69) is 20.2 Å². The van der Waals surface area contributed by atoms with E-state index in [0.717, 1.165) is 16.2 Å². The predicted molar refractivity (Wildman–Crippen MR) is 68.5 cm³/mol. The number of benzene rings is 1. The van der Waals surface area contributed by atoms with Crippen LogP contribution < -0.4 is 5.73 Å². The van der Waals surface area contributed by atoms with Gasteiger partial charge in [-0.1, -0.05) is 23.9 Å². The molecule has 0 aliphatic rings. The molecule has 0 fully saturated rings. The van der Waals surface area contributed by atoms with Crippen LogP contribution in [0.4, 0.5) is 0 Å². The highest BCUT2D eigenvalue weighted by atomic mass is 32.2. The van der Waals surface area contributed by atoms with Gasteiger partial charge in [-0.2, -0.15) is 0 Å². The van der Waals surface area contributed by atoms with Gasteiger partial charge in [0.1, 0.15) is 0 Å². The molecule has 0 radical (unpaired) electrons. The van der Waals surface area contributed by atoms with Gasteiger partial charge in [0.2, 0.25) is 5.89 Å². The van der Waals surface area contributed by atoms with Crippen LogP contribution in [0.3, 0.4) is 0 Å². The number of amides is 1. The Morgan fingerprint density at radius 1 is 1.37 bits per heavy atom. The maximum atomic E-state index is 10.8. The lowest BCUT2D eigenvalue weighted by Crippen LogP contribution is -2.10. The Bertz CT molecular complexity index is 702. The summed E-state index contributed by atoms with van der Waals surface area (Å²) in [6, 6.07) is 7.74. The van der Waals surface area contributed by atoms with Crippen molar-refractivity contribution in [3.63, 3.8) is 0 Å². The number of H-pyrrole nitrogens is 1. The molecule has 1 amide bonds. The SMILES string of the molecule is NC(=O)c1nnc(CSc2nc3ccccc3[nH]2)o1. The molecule has 0 bridgehead atoms. The van der Waals surface area contributed by atoms with Gasteiger partial charge in [-0.25, -0.2) is 4.98 Å². The monoisotopic (exact) mass is 275 g/mol. The summed E-state index contributed by atoms with van der Waals surface area (Å²) in [5, 5.41) is 8.01. The lowest BCUT2D eigenvalue weighted by atomic mass is 10.3. The number of hydrogen-bond donors (Lipinski definition) is 2. The fourth-order valence-electron chi connectivity index (χ4n) is 1.54. The minimum Gasteiger partial charge on any atom is -0.416 e. The fraction of sp³-hybridized carbons (Fsp3) is 0.0909. The Kier molecular flexibility index (Phi) is 2.92. The number of rotatable bonds is 4. The molecule has 3 rings (SSSR count). The van der Waals surface area contributed by atoms with Gasteiger partial charge in [-0.3, -0.25) is 4.79 Å². The highest BCUT2D eigenvalue weighted by Gasteiger charge is 2.12. The van der Waals surface area contributed by atoms with Crippen molar-refractivity contribution in [3.8, 4) is 0 Å². The zero-order chi connectivity index (χ0) is 13.2. The van der Waals surface area contributed by atoms with Gasteiger partial charge in [0.05, 0.1) is 16.8 Å². The van der Waals surface area contributed by atoms with Crippen molar-refractivity contribution in [1.82, 2.24) is 20.2 Å². The molecule has 0 aliphatic carbocycles. The number of carbonyl (C=O) groups is 1. The number of nitrogens with zero attached hydrogens (tertiary/aromatic N) is 3. The molecule has 7 nitrogen and oxygen atoms in total. The normalized spacial score (nSPS) is 10.9. The van der Waals surface area contributed by atoms with Crippen molar-refractivity contribution in [3.05, 3.63) is 36.0 Å². The molecule has 1 aromatic carbocycles. The van der Waals surface area contributed by atoms with Crippen LogP contribution >= 0.6 is 11.8 Å². The molecule has 8 heteroatoms. The minimum atomic E-state index is -0.729. The first-order chi connectivity index (χ1) is 9.22. The van der Waals surface area contributed by atoms with E-state index in [-0.39, 0.29) is 5.89 Å². The van der Waals surface area contributed by atoms with E-state index in [1.807, 2.05) is 24.3 Å². The molecule has 3 aromatic rings. The Morgan fingerprint density at radius 3 is 2.95 bits per heavy atom. The molecule has 0 saturated heterocycles. The molecule has 0 saturated carbocycles. The number of para-hydroxylation sites is 2.